The molecule has 136 valence electrons. The number of nitrogens with one attached hydrogen (secondary N) is 2. The predicted molar refractivity (Wildman–Crippen MR) is 101 cm³/mol. The van der Waals surface area contributed by atoms with Crippen LogP contribution in [0.3, 0.4) is 0 Å². The average Bonchev–Trinajstić information content (AvgIpc) is 2.55. The highest BCUT2D eigenvalue weighted by Gasteiger charge is 2.44. The lowest BCUT2D eigenvalue weighted by Crippen LogP contribution is -2.63. The highest BCUT2D eigenvalue weighted by Crippen LogP contribution is 2.36. The van der Waals surface area contributed by atoms with Gasteiger partial charge in [-0.1, -0.05) is 12.1 Å². The molecule has 2 aliphatic heterocycles. The number of fused-ring (bicyclic) bond motifs is 1. The molecule has 0 aliphatic carbocycles. The summed E-state index contributed by atoms with van der Waals surface area (Å²) in [5.74, 6) is 0.936. The van der Waals surface area contributed by atoms with Crippen LogP contribution in [0.5, 0.6) is 0 Å². The number of hydrogen-bond acceptors (Lipinski definition) is 4. The maximum Gasteiger partial charge on any atom is 0.248 e. The number of benzene rings is 1. The van der Waals surface area contributed by atoms with Crippen molar-refractivity contribution in [3.05, 3.63) is 24.3 Å². The minimum atomic E-state index is -0.386. The number of anilines is 2. The summed E-state index contributed by atoms with van der Waals surface area (Å²) < 4.78 is 5.04. The molecule has 0 aromatic heterocycles. The number of amidine groups is 1. The molecular weight excluding hydrogens is 316 g/mol. The second-order valence-electron chi connectivity index (χ2n) is 7.86. The van der Waals surface area contributed by atoms with Gasteiger partial charge in [-0.15, -0.1) is 0 Å². The lowest BCUT2D eigenvalue weighted by atomic mass is 9.84. The molecule has 0 unspecified atom stereocenters. The van der Waals surface area contributed by atoms with Crippen molar-refractivity contribution in [2.75, 3.05) is 37.4 Å². The van der Waals surface area contributed by atoms with Crippen molar-refractivity contribution >= 4 is 23.1 Å². The number of carbonyl (C=O) groups excluding carboxylic acids is 1. The van der Waals surface area contributed by atoms with E-state index in [0.29, 0.717) is 6.54 Å². The number of hydrogen-bond donors (Lipinski definition) is 2. The number of carbonyl (C=O) groups is 1. The Kier molecular flexibility index (Phi) is 4.73. The third-order valence-electron chi connectivity index (χ3n) is 4.57. The zero-order chi connectivity index (χ0) is 18.1. The number of piperidine rings is 1. The molecule has 0 saturated carbocycles. The number of nitrogens with zero attached hydrogens (tertiary/aromatic N) is 2. The first kappa shape index (κ1) is 17.7. The molecule has 2 aliphatic rings. The molecule has 1 fully saturated rings. The first-order valence-electron chi connectivity index (χ1n) is 8.84. The topological polar surface area (TPSA) is 66.0 Å². The molecule has 0 radical (unpaired) electrons. The van der Waals surface area contributed by atoms with Gasteiger partial charge >= 0.3 is 0 Å². The molecule has 1 atom stereocenters. The van der Waals surface area contributed by atoms with Crippen LogP contribution < -0.4 is 10.6 Å². The van der Waals surface area contributed by atoms with Gasteiger partial charge in [-0.3, -0.25) is 9.79 Å². The van der Waals surface area contributed by atoms with Crippen LogP contribution in [0.2, 0.25) is 0 Å². The van der Waals surface area contributed by atoms with Gasteiger partial charge in [0.15, 0.2) is 0 Å². The second-order valence-corrected chi connectivity index (χ2v) is 7.86. The highest BCUT2D eigenvalue weighted by molar-refractivity contribution is 6.10. The Balaban J connectivity index is 1.98. The quantitative estimate of drug-likeness (QED) is 0.866. The fourth-order valence-corrected chi connectivity index (χ4v) is 3.51. The Labute approximate surface area is 149 Å². The summed E-state index contributed by atoms with van der Waals surface area (Å²) in [6.45, 7) is 7.74. The van der Waals surface area contributed by atoms with E-state index in [4.69, 9.17) is 9.73 Å². The lowest BCUT2D eigenvalue weighted by molar-refractivity contribution is -0.136. The molecule has 25 heavy (non-hydrogen) atoms. The summed E-state index contributed by atoms with van der Waals surface area (Å²) in [7, 11) is 1.56. The fraction of sp³-hybridized carbons (Fsp3) is 0.579. The van der Waals surface area contributed by atoms with Gasteiger partial charge in [0.25, 0.3) is 0 Å². The Morgan fingerprint density at radius 2 is 2.04 bits per heavy atom. The summed E-state index contributed by atoms with van der Waals surface area (Å²) in [5.41, 5.74) is 1.48. The normalized spacial score (nSPS) is 24.6. The Morgan fingerprint density at radius 3 is 2.72 bits per heavy atom. The fourth-order valence-electron chi connectivity index (χ4n) is 3.51. The van der Waals surface area contributed by atoms with E-state index in [1.807, 2.05) is 23.1 Å². The van der Waals surface area contributed by atoms with Crippen LogP contribution in [0.25, 0.3) is 0 Å². The van der Waals surface area contributed by atoms with Crippen LogP contribution in [-0.4, -0.2) is 54.5 Å². The summed E-state index contributed by atoms with van der Waals surface area (Å²) in [5, 5.41) is 7.21. The molecule has 6 nitrogen and oxygen atoms in total. The van der Waals surface area contributed by atoms with Gasteiger partial charge in [0.05, 0.1) is 23.5 Å². The molecule has 3 rings (SSSR count). The first-order valence-corrected chi connectivity index (χ1v) is 8.84. The molecule has 2 N–H and O–H groups in total. The van der Waals surface area contributed by atoms with Crippen molar-refractivity contribution in [1.82, 2.24) is 4.90 Å². The molecule has 1 saturated heterocycles. The van der Waals surface area contributed by atoms with Crippen molar-refractivity contribution < 1.29 is 9.53 Å². The van der Waals surface area contributed by atoms with E-state index in [9.17, 15) is 4.79 Å². The molecule has 2 heterocycles. The van der Waals surface area contributed by atoms with Crippen LogP contribution in [0.1, 0.15) is 33.6 Å². The van der Waals surface area contributed by atoms with Gasteiger partial charge in [0, 0.05) is 13.7 Å². The zero-order valence-electron chi connectivity index (χ0n) is 15.6. The largest absolute Gasteiger partial charge is 0.375 e. The molecule has 6 heteroatoms. The number of likely N-dealkylation sites (tertiary alicyclic amines) is 1. The zero-order valence-corrected chi connectivity index (χ0v) is 15.6. The Bertz CT molecular complexity index is 680. The Morgan fingerprint density at radius 1 is 1.32 bits per heavy atom. The average molecular weight is 344 g/mol. The van der Waals surface area contributed by atoms with Crippen molar-refractivity contribution in [3.63, 3.8) is 0 Å². The maximum absolute atomic E-state index is 12.4. The van der Waals surface area contributed by atoms with Crippen LogP contribution in [0.15, 0.2) is 29.3 Å². The van der Waals surface area contributed by atoms with E-state index in [1.54, 1.807) is 7.11 Å². The third kappa shape index (κ3) is 3.79. The van der Waals surface area contributed by atoms with Gasteiger partial charge < -0.3 is 20.3 Å². The van der Waals surface area contributed by atoms with Gasteiger partial charge in [-0.2, -0.15) is 0 Å². The monoisotopic (exact) mass is 344 g/mol. The predicted octanol–water partition coefficient (Wildman–Crippen LogP) is 2.73. The van der Waals surface area contributed by atoms with Crippen LogP contribution in [0.4, 0.5) is 11.4 Å². The summed E-state index contributed by atoms with van der Waals surface area (Å²) in [4.78, 5) is 19.2. The van der Waals surface area contributed by atoms with Gasteiger partial charge in [-0.25, -0.2) is 0 Å². The molecule has 1 amide bonds. The van der Waals surface area contributed by atoms with E-state index < -0.39 is 0 Å². The minimum absolute atomic E-state index is 0.0253. The van der Waals surface area contributed by atoms with E-state index in [0.717, 1.165) is 36.6 Å². The van der Waals surface area contributed by atoms with E-state index in [2.05, 4.69) is 37.5 Å². The van der Waals surface area contributed by atoms with E-state index >= 15 is 0 Å². The number of methoxy groups -OCH3 is 1. The van der Waals surface area contributed by atoms with Crippen LogP contribution >= 0.6 is 0 Å². The Hall–Kier alpha value is -2.08. The molecule has 1 aromatic carbocycles. The van der Waals surface area contributed by atoms with Crippen molar-refractivity contribution in [3.8, 4) is 0 Å². The van der Waals surface area contributed by atoms with Crippen LogP contribution in [0, 0.1) is 0 Å². The number of rotatable bonds is 2. The molecule has 0 bridgehead atoms. The number of amides is 1. The number of ether oxygens (including phenoxy) is 1. The van der Waals surface area contributed by atoms with Crippen molar-refractivity contribution in [2.24, 2.45) is 4.99 Å². The summed E-state index contributed by atoms with van der Waals surface area (Å²) >= 11 is 0. The maximum atomic E-state index is 12.4. The first-order chi connectivity index (χ1) is 11.8. The standard InChI is InChI=1S/C19H28N4O2/c1-18(2,3)22-17-19(21-15-9-6-5-8-14(15)20-17)10-7-11-23(13-19)16(24)12-25-4/h5-6,8-9,21H,7,10-13H2,1-4H3,(H,20,22)/t19-/m1/s1. The molecular formula is C19H28N4O2. The smallest absolute Gasteiger partial charge is 0.248 e. The van der Waals surface area contributed by atoms with E-state index in [-0.39, 0.29) is 23.6 Å². The summed E-state index contributed by atoms with van der Waals surface area (Å²) in [6.07, 6.45) is 1.86. The summed E-state index contributed by atoms with van der Waals surface area (Å²) in [6, 6.07) is 8.14. The second kappa shape index (κ2) is 6.67. The van der Waals surface area contributed by atoms with Crippen molar-refractivity contribution in [2.45, 2.75) is 44.7 Å². The lowest BCUT2D eigenvalue weighted by Gasteiger charge is -2.47. The van der Waals surface area contributed by atoms with Crippen LogP contribution in [-0.2, 0) is 9.53 Å². The third-order valence-corrected chi connectivity index (χ3v) is 4.57. The minimum Gasteiger partial charge on any atom is -0.375 e. The number of para-hydroxylation sites is 2. The number of aliphatic imine (C=N–C) groups is 1. The van der Waals surface area contributed by atoms with Gasteiger partial charge in [0.1, 0.15) is 18.0 Å². The van der Waals surface area contributed by atoms with Crippen molar-refractivity contribution in [1.29, 1.82) is 0 Å². The SMILES string of the molecule is COCC(=O)N1CCC[C@]2(C1)Nc1ccccc1NC2=NC(C)(C)C. The molecule has 1 spiro atoms. The van der Waals surface area contributed by atoms with Gasteiger partial charge in [-0.05, 0) is 45.7 Å². The van der Waals surface area contributed by atoms with E-state index in [1.165, 1.54) is 0 Å². The molecule has 1 aromatic rings. The highest BCUT2D eigenvalue weighted by atomic mass is 16.5. The van der Waals surface area contributed by atoms with Gasteiger partial charge in [0.2, 0.25) is 5.91 Å².